The highest BCUT2D eigenvalue weighted by atomic mass is 16.6. The molecule has 2 rings (SSSR count). The fourth-order valence-corrected chi connectivity index (χ4v) is 1.63. The van der Waals surface area contributed by atoms with Crippen LogP contribution in [0.15, 0.2) is 35.6 Å². The largest absolute Gasteiger partial charge is 0.417 e. The van der Waals surface area contributed by atoms with Gasteiger partial charge >= 0.3 is 11.7 Å². The molecule has 1 heterocycles. The summed E-state index contributed by atoms with van der Waals surface area (Å²) >= 11 is 0. The van der Waals surface area contributed by atoms with Crippen LogP contribution in [-0.2, 0) is 0 Å². The van der Waals surface area contributed by atoms with Gasteiger partial charge < -0.3 is 15.7 Å². The lowest BCUT2D eigenvalue weighted by molar-refractivity contribution is -0.386. The molecule has 0 aliphatic rings. The third-order valence-corrected chi connectivity index (χ3v) is 2.59. The molecule has 21 heavy (non-hydrogen) atoms. The molecule has 0 aliphatic carbocycles. The Morgan fingerprint density at radius 3 is 2.90 bits per heavy atom. The summed E-state index contributed by atoms with van der Waals surface area (Å²) in [6, 6.07) is 5.91. The number of amidine groups is 1. The van der Waals surface area contributed by atoms with E-state index in [1.165, 1.54) is 18.3 Å². The minimum Gasteiger partial charge on any atom is -0.417 e. The molecule has 0 radical (unpaired) electrons. The van der Waals surface area contributed by atoms with Crippen molar-refractivity contribution in [2.45, 2.75) is 6.92 Å². The fraction of sp³-hybridized carbons (Fsp3) is 0.0833. The van der Waals surface area contributed by atoms with Crippen LogP contribution in [0.3, 0.4) is 0 Å². The molecule has 9 nitrogen and oxygen atoms in total. The minimum absolute atomic E-state index is 0.0108. The van der Waals surface area contributed by atoms with Crippen LogP contribution in [0.4, 0.5) is 5.69 Å². The van der Waals surface area contributed by atoms with Crippen molar-refractivity contribution in [2.24, 2.45) is 10.9 Å². The van der Waals surface area contributed by atoms with Crippen LogP contribution in [0, 0.1) is 17.0 Å². The molecule has 0 unspecified atom stereocenters. The number of hydrogen-bond acceptors (Lipinski definition) is 7. The predicted octanol–water partition coefficient (Wildman–Crippen LogP) is 1.58. The molecule has 9 heteroatoms. The third kappa shape index (κ3) is 3.03. The van der Waals surface area contributed by atoms with Gasteiger partial charge in [-0.05, 0) is 19.1 Å². The molecule has 0 saturated heterocycles. The number of benzene rings is 1. The summed E-state index contributed by atoms with van der Waals surface area (Å²) < 4.78 is 5.33. The molecule has 3 N–H and O–H groups in total. The first-order valence-electron chi connectivity index (χ1n) is 5.75. The van der Waals surface area contributed by atoms with Crippen molar-refractivity contribution < 1.29 is 14.9 Å². The topological polar surface area (TPSA) is 137 Å². The van der Waals surface area contributed by atoms with E-state index in [4.69, 9.17) is 15.7 Å². The van der Waals surface area contributed by atoms with Crippen LogP contribution >= 0.6 is 0 Å². The van der Waals surface area contributed by atoms with Gasteiger partial charge in [-0.2, -0.15) is 4.98 Å². The molecule has 2 aromatic rings. The van der Waals surface area contributed by atoms with E-state index in [1.807, 2.05) is 0 Å². The zero-order valence-electron chi connectivity index (χ0n) is 10.9. The number of ether oxygens (including phenoxy) is 1. The van der Waals surface area contributed by atoms with E-state index in [1.54, 1.807) is 19.1 Å². The zero-order valence-corrected chi connectivity index (χ0v) is 10.9. The molecule has 0 spiro atoms. The molecule has 1 aromatic carbocycles. The Morgan fingerprint density at radius 1 is 1.48 bits per heavy atom. The first-order chi connectivity index (χ1) is 10.0. The Kier molecular flexibility index (Phi) is 3.93. The van der Waals surface area contributed by atoms with E-state index >= 15 is 0 Å². The lowest BCUT2D eigenvalue weighted by Gasteiger charge is -2.06. The Balaban J connectivity index is 2.39. The normalized spacial score (nSPS) is 11.2. The number of aryl methyl sites for hydroxylation is 1. The van der Waals surface area contributed by atoms with Gasteiger partial charge in [0.1, 0.15) is 5.69 Å². The van der Waals surface area contributed by atoms with Gasteiger partial charge in [0.2, 0.25) is 5.75 Å². The number of para-hydroxylation sites is 1. The van der Waals surface area contributed by atoms with Crippen LogP contribution in [0.5, 0.6) is 11.8 Å². The van der Waals surface area contributed by atoms with Crippen molar-refractivity contribution in [2.75, 3.05) is 0 Å². The molecule has 0 aliphatic heterocycles. The molecule has 0 fully saturated rings. The number of oxime groups is 1. The highest BCUT2D eigenvalue weighted by Crippen LogP contribution is 2.32. The van der Waals surface area contributed by atoms with Crippen molar-refractivity contribution in [3.8, 4) is 11.8 Å². The predicted molar refractivity (Wildman–Crippen MR) is 72.5 cm³/mol. The summed E-state index contributed by atoms with van der Waals surface area (Å²) in [5.74, 6) is -0.211. The lowest BCUT2D eigenvalue weighted by atomic mass is 10.2. The van der Waals surface area contributed by atoms with Crippen LogP contribution in [-0.4, -0.2) is 25.9 Å². The van der Waals surface area contributed by atoms with Gasteiger partial charge in [0.15, 0.2) is 5.84 Å². The highest BCUT2D eigenvalue weighted by Gasteiger charge is 2.19. The first kappa shape index (κ1) is 14.2. The monoisotopic (exact) mass is 289 g/mol. The van der Waals surface area contributed by atoms with Gasteiger partial charge in [0, 0.05) is 11.8 Å². The standard InChI is InChI=1S/C12H11N5O4/c1-7-3-2-4-9(10(7)17(19)20)21-12-14-6-5-8(15-12)11(13)16-18/h2-6,18H,1H3,(H2,13,16). The summed E-state index contributed by atoms with van der Waals surface area (Å²) in [5, 5.41) is 22.5. The smallest absolute Gasteiger partial charge is 0.322 e. The van der Waals surface area contributed by atoms with Crippen LogP contribution < -0.4 is 10.5 Å². The van der Waals surface area contributed by atoms with Crippen LogP contribution in [0.25, 0.3) is 0 Å². The number of nitro benzene ring substituents is 1. The average Bonchev–Trinajstić information content (AvgIpc) is 2.46. The summed E-state index contributed by atoms with van der Waals surface area (Å²) in [6.07, 6.45) is 1.33. The Labute approximate surface area is 118 Å². The quantitative estimate of drug-likeness (QED) is 0.286. The highest BCUT2D eigenvalue weighted by molar-refractivity contribution is 5.95. The minimum atomic E-state index is -0.544. The summed E-state index contributed by atoms with van der Waals surface area (Å²) in [4.78, 5) is 18.3. The van der Waals surface area contributed by atoms with E-state index in [2.05, 4.69) is 15.1 Å². The van der Waals surface area contributed by atoms with E-state index in [-0.39, 0.29) is 29.0 Å². The van der Waals surface area contributed by atoms with Crippen molar-refractivity contribution in [1.29, 1.82) is 0 Å². The molecule has 0 bridgehead atoms. The molecule has 0 amide bonds. The Bertz CT molecular complexity index is 717. The zero-order chi connectivity index (χ0) is 15.4. The third-order valence-electron chi connectivity index (χ3n) is 2.59. The van der Waals surface area contributed by atoms with E-state index in [0.29, 0.717) is 5.56 Å². The van der Waals surface area contributed by atoms with Crippen molar-refractivity contribution in [3.05, 3.63) is 51.8 Å². The van der Waals surface area contributed by atoms with Crippen molar-refractivity contribution in [1.82, 2.24) is 9.97 Å². The van der Waals surface area contributed by atoms with Crippen molar-refractivity contribution in [3.63, 3.8) is 0 Å². The Hall–Kier alpha value is -3.23. The molecule has 1 aromatic heterocycles. The van der Waals surface area contributed by atoms with Gasteiger partial charge in [-0.3, -0.25) is 10.1 Å². The van der Waals surface area contributed by atoms with Gasteiger partial charge in [-0.25, -0.2) is 4.98 Å². The van der Waals surface area contributed by atoms with E-state index in [9.17, 15) is 10.1 Å². The second-order valence-electron chi connectivity index (χ2n) is 3.99. The summed E-state index contributed by atoms with van der Waals surface area (Å²) in [5.41, 5.74) is 5.82. The average molecular weight is 289 g/mol. The maximum absolute atomic E-state index is 11.1. The molecular formula is C12H11N5O4. The van der Waals surface area contributed by atoms with Gasteiger partial charge in [-0.15, -0.1) is 0 Å². The number of nitrogens with two attached hydrogens (primary N) is 1. The second kappa shape index (κ2) is 5.82. The summed E-state index contributed by atoms with van der Waals surface area (Å²) in [7, 11) is 0. The number of nitro groups is 1. The SMILES string of the molecule is Cc1cccc(Oc2nccc(/C(N)=N/O)n2)c1[N+](=O)[O-]. The first-order valence-corrected chi connectivity index (χ1v) is 5.75. The van der Waals surface area contributed by atoms with Gasteiger partial charge in [0.25, 0.3) is 0 Å². The maximum Gasteiger partial charge on any atom is 0.322 e. The molecule has 0 saturated carbocycles. The Morgan fingerprint density at radius 2 is 2.24 bits per heavy atom. The van der Waals surface area contributed by atoms with E-state index in [0.717, 1.165) is 0 Å². The van der Waals surface area contributed by atoms with Gasteiger partial charge in [0.05, 0.1) is 4.92 Å². The maximum atomic E-state index is 11.1. The number of nitrogens with zero attached hydrogens (tertiary/aromatic N) is 4. The molecule has 108 valence electrons. The molecule has 0 atom stereocenters. The van der Waals surface area contributed by atoms with E-state index < -0.39 is 4.92 Å². The number of hydrogen-bond donors (Lipinski definition) is 2. The number of rotatable bonds is 4. The summed E-state index contributed by atoms with van der Waals surface area (Å²) in [6.45, 7) is 1.60. The number of aromatic nitrogens is 2. The fourth-order valence-electron chi connectivity index (χ4n) is 1.63. The van der Waals surface area contributed by atoms with Crippen LogP contribution in [0.1, 0.15) is 11.3 Å². The van der Waals surface area contributed by atoms with Gasteiger partial charge in [-0.1, -0.05) is 17.3 Å². The lowest BCUT2D eigenvalue weighted by Crippen LogP contribution is -2.15. The van der Waals surface area contributed by atoms with Crippen LogP contribution in [0.2, 0.25) is 0 Å². The molecular weight excluding hydrogens is 278 g/mol. The van der Waals surface area contributed by atoms with Crippen molar-refractivity contribution >= 4 is 11.5 Å². The second-order valence-corrected chi connectivity index (χ2v) is 3.99.